The highest BCUT2D eigenvalue weighted by atomic mass is 32.2. The van der Waals surface area contributed by atoms with E-state index in [0.717, 1.165) is 13.0 Å². The van der Waals surface area contributed by atoms with Crippen LogP contribution < -0.4 is 10.9 Å². The standard InChI is InChI=1S/C24H32N4O2S2/c1-17(2)27(18(3)4)13-14-28-23(30)20-9-5-6-10-21(20)26-24(28)32-16-22(29)25-12-11-19-8-7-15-31-19/h5-10,15,17-18H,11-14,16H2,1-4H3,(H,25,29). The first kappa shape index (κ1) is 24.5. The molecule has 8 heteroatoms. The summed E-state index contributed by atoms with van der Waals surface area (Å²) in [5, 5.41) is 6.21. The highest BCUT2D eigenvalue weighted by Gasteiger charge is 2.17. The smallest absolute Gasteiger partial charge is 0.262 e. The summed E-state index contributed by atoms with van der Waals surface area (Å²) in [6.45, 7) is 10.5. The maximum atomic E-state index is 13.2. The first-order valence-corrected chi connectivity index (χ1v) is 12.9. The summed E-state index contributed by atoms with van der Waals surface area (Å²) in [6.07, 6.45) is 0.827. The maximum absolute atomic E-state index is 13.2. The van der Waals surface area contributed by atoms with Crippen molar-refractivity contribution in [2.24, 2.45) is 0 Å². The number of aromatic nitrogens is 2. The van der Waals surface area contributed by atoms with E-state index in [1.165, 1.54) is 16.6 Å². The number of nitrogens with one attached hydrogen (secondary N) is 1. The molecule has 0 atom stereocenters. The van der Waals surface area contributed by atoms with Gasteiger partial charge in [-0.25, -0.2) is 4.98 Å². The zero-order chi connectivity index (χ0) is 23.1. The third kappa shape index (κ3) is 6.43. The fraction of sp³-hybridized carbons (Fsp3) is 0.458. The highest BCUT2D eigenvalue weighted by Crippen LogP contribution is 2.18. The first-order chi connectivity index (χ1) is 15.4. The van der Waals surface area contributed by atoms with E-state index in [4.69, 9.17) is 4.98 Å². The molecule has 2 heterocycles. The number of thioether (sulfide) groups is 1. The van der Waals surface area contributed by atoms with Crippen LogP contribution in [0.5, 0.6) is 0 Å². The van der Waals surface area contributed by atoms with Crippen molar-refractivity contribution in [2.75, 3.05) is 18.8 Å². The largest absolute Gasteiger partial charge is 0.355 e. The molecule has 0 unspecified atom stereocenters. The Hall–Kier alpha value is -2.16. The molecule has 3 aromatic rings. The Morgan fingerprint density at radius 1 is 1.16 bits per heavy atom. The van der Waals surface area contributed by atoms with Gasteiger partial charge in [-0.2, -0.15) is 0 Å². The van der Waals surface area contributed by atoms with E-state index in [1.807, 2.05) is 35.7 Å². The maximum Gasteiger partial charge on any atom is 0.262 e. The van der Waals surface area contributed by atoms with E-state index >= 15 is 0 Å². The number of amides is 1. The van der Waals surface area contributed by atoms with Crippen molar-refractivity contribution in [1.29, 1.82) is 0 Å². The van der Waals surface area contributed by atoms with Gasteiger partial charge >= 0.3 is 0 Å². The molecule has 0 bridgehead atoms. The predicted octanol–water partition coefficient (Wildman–Crippen LogP) is 4.03. The summed E-state index contributed by atoms with van der Waals surface area (Å²) >= 11 is 3.02. The van der Waals surface area contributed by atoms with Gasteiger partial charge in [0.25, 0.3) is 5.56 Å². The number of hydrogen-bond acceptors (Lipinski definition) is 6. The molecule has 32 heavy (non-hydrogen) atoms. The first-order valence-electron chi connectivity index (χ1n) is 11.0. The van der Waals surface area contributed by atoms with E-state index in [-0.39, 0.29) is 17.2 Å². The molecule has 0 radical (unpaired) electrons. The van der Waals surface area contributed by atoms with Gasteiger partial charge < -0.3 is 5.32 Å². The van der Waals surface area contributed by atoms with Crippen molar-refractivity contribution in [1.82, 2.24) is 19.8 Å². The van der Waals surface area contributed by atoms with E-state index in [9.17, 15) is 9.59 Å². The Morgan fingerprint density at radius 3 is 2.59 bits per heavy atom. The van der Waals surface area contributed by atoms with Crippen LogP contribution in [-0.4, -0.2) is 51.3 Å². The summed E-state index contributed by atoms with van der Waals surface area (Å²) in [4.78, 5) is 34.0. The molecule has 0 aliphatic rings. The lowest BCUT2D eigenvalue weighted by Gasteiger charge is -2.30. The van der Waals surface area contributed by atoms with E-state index < -0.39 is 0 Å². The lowest BCUT2D eigenvalue weighted by molar-refractivity contribution is -0.118. The summed E-state index contributed by atoms with van der Waals surface area (Å²) in [5.41, 5.74) is 0.614. The van der Waals surface area contributed by atoms with Gasteiger partial charge in [0.2, 0.25) is 5.91 Å². The third-order valence-electron chi connectivity index (χ3n) is 5.34. The van der Waals surface area contributed by atoms with E-state index in [1.54, 1.807) is 15.9 Å². The Morgan fingerprint density at radius 2 is 1.91 bits per heavy atom. The van der Waals surface area contributed by atoms with Crippen LogP contribution in [0.3, 0.4) is 0 Å². The lowest BCUT2D eigenvalue weighted by Crippen LogP contribution is -2.40. The summed E-state index contributed by atoms with van der Waals surface area (Å²) in [5.74, 6) is 0.180. The minimum absolute atomic E-state index is 0.0495. The lowest BCUT2D eigenvalue weighted by atomic mass is 10.2. The predicted molar refractivity (Wildman–Crippen MR) is 135 cm³/mol. The minimum atomic E-state index is -0.0522. The number of rotatable bonds is 11. The van der Waals surface area contributed by atoms with Crippen LogP contribution in [0, 0.1) is 0 Å². The normalized spacial score (nSPS) is 11.7. The number of nitrogens with zero attached hydrogens (tertiary/aromatic N) is 3. The molecular weight excluding hydrogens is 440 g/mol. The van der Waals surface area contributed by atoms with Gasteiger partial charge in [0.05, 0.1) is 16.7 Å². The molecule has 0 fully saturated rings. The average molecular weight is 473 g/mol. The van der Waals surface area contributed by atoms with Gasteiger partial charge in [-0.1, -0.05) is 30.0 Å². The Labute approximate surface area is 198 Å². The molecule has 0 spiro atoms. The topological polar surface area (TPSA) is 67.2 Å². The molecular formula is C24H32N4O2S2. The number of thiophene rings is 1. The molecule has 1 N–H and O–H groups in total. The van der Waals surface area contributed by atoms with Crippen molar-refractivity contribution < 1.29 is 4.79 Å². The van der Waals surface area contributed by atoms with Crippen molar-refractivity contribution in [3.05, 3.63) is 57.0 Å². The van der Waals surface area contributed by atoms with Gasteiger partial charge in [0.15, 0.2) is 5.16 Å². The molecule has 3 rings (SSSR count). The molecule has 0 saturated carbocycles. The Kier molecular flexibility index (Phi) is 8.90. The monoisotopic (exact) mass is 472 g/mol. The summed E-state index contributed by atoms with van der Waals surface area (Å²) in [7, 11) is 0. The van der Waals surface area contributed by atoms with Crippen molar-refractivity contribution >= 4 is 39.9 Å². The quantitative estimate of drug-likeness (QED) is 0.337. The zero-order valence-electron chi connectivity index (χ0n) is 19.2. The number of hydrogen-bond donors (Lipinski definition) is 1. The molecule has 172 valence electrons. The Balaban J connectivity index is 1.73. The van der Waals surface area contributed by atoms with Crippen molar-refractivity contribution in [3.63, 3.8) is 0 Å². The second-order valence-corrected chi connectivity index (χ2v) is 10.2. The number of carbonyl (C=O) groups is 1. The molecule has 6 nitrogen and oxygen atoms in total. The third-order valence-corrected chi connectivity index (χ3v) is 7.25. The van der Waals surface area contributed by atoms with Gasteiger partial charge in [0, 0.05) is 36.6 Å². The van der Waals surface area contributed by atoms with Crippen molar-refractivity contribution in [2.45, 2.75) is 57.9 Å². The van der Waals surface area contributed by atoms with Gasteiger partial charge in [0.1, 0.15) is 0 Å². The van der Waals surface area contributed by atoms with Gasteiger partial charge in [-0.3, -0.25) is 19.1 Å². The number of carbonyl (C=O) groups excluding carboxylic acids is 1. The van der Waals surface area contributed by atoms with Gasteiger partial charge in [-0.05, 0) is 57.7 Å². The van der Waals surface area contributed by atoms with E-state index in [2.05, 4.69) is 44.0 Å². The SMILES string of the molecule is CC(C)N(CCn1c(SCC(=O)NCCc2cccs2)nc2ccccc2c1=O)C(C)C. The van der Waals surface area contributed by atoms with Crippen LogP contribution in [0.4, 0.5) is 0 Å². The van der Waals surface area contributed by atoms with Crippen LogP contribution in [0.25, 0.3) is 10.9 Å². The fourth-order valence-corrected chi connectivity index (χ4v) is 5.31. The minimum Gasteiger partial charge on any atom is -0.355 e. The van der Waals surface area contributed by atoms with Crippen LogP contribution in [-0.2, 0) is 17.8 Å². The van der Waals surface area contributed by atoms with Crippen LogP contribution in [0.15, 0.2) is 51.7 Å². The average Bonchev–Trinajstić information content (AvgIpc) is 3.27. The molecule has 1 aromatic carbocycles. The molecule has 0 aliphatic carbocycles. The second-order valence-electron chi connectivity index (χ2n) is 8.26. The molecule has 1 amide bonds. The number of fused-ring (bicyclic) bond motifs is 1. The number of para-hydroxylation sites is 1. The molecule has 2 aromatic heterocycles. The fourth-order valence-electron chi connectivity index (χ4n) is 3.74. The molecule has 0 aliphatic heterocycles. The number of benzene rings is 1. The molecule has 0 saturated heterocycles. The second kappa shape index (κ2) is 11.6. The highest BCUT2D eigenvalue weighted by molar-refractivity contribution is 7.99. The Bertz CT molecular complexity index is 1070. The van der Waals surface area contributed by atoms with E-state index in [0.29, 0.717) is 41.2 Å². The van der Waals surface area contributed by atoms with Gasteiger partial charge in [-0.15, -0.1) is 11.3 Å². The van der Waals surface area contributed by atoms with Crippen LogP contribution in [0.1, 0.15) is 32.6 Å². The van der Waals surface area contributed by atoms with Crippen LogP contribution >= 0.6 is 23.1 Å². The summed E-state index contributed by atoms with van der Waals surface area (Å²) < 4.78 is 1.73. The zero-order valence-corrected chi connectivity index (χ0v) is 20.8. The summed E-state index contributed by atoms with van der Waals surface area (Å²) in [6, 6.07) is 12.2. The van der Waals surface area contributed by atoms with Crippen LogP contribution in [0.2, 0.25) is 0 Å². The van der Waals surface area contributed by atoms with Crippen molar-refractivity contribution in [3.8, 4) is 0 Å².